The highest BCUT2D eigenvalue weighted by Gasteiger charge is 1.88. The molecule has 0 heterocycles. The molecule has 0 aliphatic heterocycles. The van der Waals surface area contributed by atoms with E-state index in [0.29, 0.717) is 0 Å². The maximum atomic E-state index is 3.85. The Bertz CT molecular complexity index is 154. The van der Waals surface area contributed by atoms with Crippen LogP contribution in [0.2, 0.25) is 0 Å². The molecule has 1 nitrogen and oxygen atoms in total. The summed E-state index contributed by atoms with van der Waals surface area (Å²) >= 11 is 0. The molecule has 0 bridgehead atoms. The molecule has 0 spiro atoms. The fourth-order valence-corrected chi connectivity index (χ4v) is 0.629. The molecule has 0 atom stereocenters. The molecule has 0 aliphatic carbocycles. The van der Waals surface area contributed by atoms with Crippen LogP contribution < -0.4 is 0 Å². The molecule has 0 aromatic carbocycles. The van der Waals surface area contributed by atoms with E-state index in [-0.39, 0.29) is 0 Å². The lowest BCUT2D eigenvalue weighted by Gasteiger charge is -2.12. The van der Waals surface area contributed by atoms with E-state index in [2.05, 4.69) is 6.58 Å². The first kappa shape index (κ1) is 9.02. The Kier molecular flexibility index (Phi) is 4.38. The highest BCUT2D eigenvalue weighted by atomic mass is 15.1. The lowest BCUT2D eigenvalue weighted by atomic mass is 10.4. The van der Waals surface area contributed by atoms with Crippen molar-refractivity contribution in [2.24, 2.45) is 0 Å². The van der Waals surface area contributed by atoms with Crippen molar-refractivity contribution in [1.82, 2.24) is 4.90 Å². The number of hydrogen-bond donors (Lipinski definition) is 0. The Morgan fingerprint density at radius 1 is 1.30 bits per heavy atom. The van der Waals surface area contributed by atoms with E-state index < -0.39 is 0 Å². The first-order chi connectivity index (χ1) is 4.72. The van der Waals surface area contributed by atoms with Gasteiger partial charge in [0.1, 0.15) is 0 Å². The predicted octanol–water partition coefficient (Wildman–Crippen LogP) is 2.54. The summed E-state index contributed by atoms with van der Waals surface area (Å²) in [7, 11) is 1.97. The van der Waals surface area contributed by atoms with Crippen molar-refractivity contribution in [3.8, 4) is 0 Å². The average molecular weight is 137 g/mol. The van der Waals surface area contributed by atoms with Gasteiger partial charge in [-0.1, -0.05) is 18.7 Å². The first-order valence-corrected chi connectivity index (χ1v) is 3.39. The normalized spacial score (nSPS) is 11.1. The molecule has 0 aromatic heterocycles. The molecule has 0 amide bonds. The Morgan fingerprint density at radius 2 is 1.90 bits per heavy atom. The molecule has 0 rings (SSSR count). The van der Waals surface area contributed by atoms with Crippen LogP contribution in [-0.4, -0.2) is 11.9 Å². The van der Waals surface area contributed by atoms with E-state index in [1.807, 2.05) is 50.2 Å². The van der Waals surface area contributed by atoms with Crippen molar-refractivity contribution >= 4 is 0 Å². The number of hydrogen-bond acceptors (Lipinski definition) is 1. The number of nitrogens with zero attached hydrogens (tertiary/aromatic N) is 1. The lowest BCUT2D eigenvalue weighted by molar-refractivity contribution is 0.590. The molecule has 0 saturated carbocycles. The smallest absolute Gasteiger partial charge is 0.0327 e. The molecule has 1 heteroatoms. The first-order valence-electron chi connectivity index (χ1n) is 3.39. The summed E-state index contributed by atoms with van der Waals surface area (Å²) < 4.78 is 0. The molecule has 0 aromatic rings. The molecule has 56 valence electrons. The lowest BCUT2D eigenvalue weighted by Crippen LogP contribution is -2.06. The molecule has 0 radical (unpaired) electrons. The molecule has 0 N–H and O–H groups in total. The molecule has 0 fully saturated rings. The van der Waals surface area contributed by atoms with Crippen LogP contribution in [0.15, 0.2) is 36.7 Å². The molecule has 10 heavy (non-hydrogen) atoms. The number of allylic oxidation sites excluding steroid dienone is 3. The van der Waals surface area contributed by atoms with Crippen LogP contribution >= 0.6 is 0 Å². The summed E-state index contributed by atoms with van der Waals surface area (Å²) in [5, 5.41) is 0. The zero-order valence-corrected chi connectivity index (χ0v) is 6.96. The van der Waals surface area contributed by atoms with E-state index in [9.17, 15) is 0 Å². The molecule has 0 unspecified atom stereocenters. The summed E-state index contributed by atoms with van der Waals surface area (Å²) in [4.78, 5) is 1.97. The van der Waals surface area contributed by atoms with Gasteiger partial charge < -0.3 is 4.90 Å². The minimum Gasteiger partial charge on any atom is -0.352 e. The quantitative estimate of drug-likeness (QED) is 0.540. The number of rotatable bonds is 3. The minimum absolute atomic E-state index is 1.00. The van der Waals surface area contributed by atoms with Gasteiger partial charge >= 0.3 is 0 Å². The Morgan fingerprint density at radius 3 is 2.30 bits per heavy atom. The monoisotopic (exact) mass is 137 g/mol. The highest BCUT2D eigenvalue weighted by Crippen LogP contribution is 1.99. The Labute approximate surface area is 63.3 Å². The van der Waals surface area contributed by atoms with Crippen molar-refractivity contribution < 1.29 is 0 Å². The minimum atomic E-state index is 1.00. The topological polar surface area (TPSA) is 3.24 Å². The van der Waals surface area contributed by atoms with Crippen molar-refractivity contribution in [3.05, 3.63) is 36.7 Å². The van der Waals surface area contributed by atoms with Gasteiger partial charge in [-0.15, -0.1) is 0 Å². The molecule has 0 saturated heterocycles. The van der Waals surface area contributed by atoms with Gasteiger partial charge in [0.15, 0.2) is 0 Å². The van der Waals surface area contributed by atoms with E-state index in [1.165, 1.54) is 0 Å². The largest absolute Gasteiger partial charge is 0.352 e. The summed E-state index contributed by atoms with van der Waals surface area (Å²) in [6, 6.07) is 0. The van der Waals surface area contributed by atoms with E-state index >= 15 is 0 Å². The van der Waals surface area contributed by atoms with Gasteiger partial charge in [0.25, 0.3) is 0 Å². The van der Waals surface area contributed by atoms with Crippen LogP contribution in [-0.2, 0) is 0 Å². The molecule has 0 aliphatic rings. The van der Waals surface area contributed by atoms with Crippen molar-refractivity contribution in [1.29, 1.82) is 0 Å². The second-order valence-electron chi connectivity index (χ2n) is 2.08. The van der Waals surface area contributed by atoms with Gasteiger partial charge in [-0.25, -0.2) is 0 Å². The Hall–Kier alpha value is -0.980. The van der Waals surface area contributed by atoms with Crippen molar-refractivity contribution in [2.75, 3.05) is 7.05 Å². The van der Waals surface area contributed by atoms with E-state index in [1.54, 1.807) is 0 Å². The van der Waals surface area contributed by atoms with Gasteiger partial charge in [-0.3, -0.25) is 0 Å². The summed E-state index contributed by atoms with van der Waals surface area (Å²) in [5.74, 6) is 0. The zero-order chi connectivity index (χ0) is 7.98. The van der Waals surface area contributed by atoms with E-state index in [0.717, 1.165) is 5.70 Å². The second kappa shape index (κ2) is 4.86. The average Bonchev–Trinajstić information content (AvgIpc) is 1.89. The van der Waals surface area contributed by atoms with Gasteiger partial charge in [-0.05, 0) is 26.1 Å². The predicted molar refractivity (Wildman–Crippen MR) is 46.5 cm³/mol. The highest BCUT2D eigenvalue weighted by molar-refractivity contribution is 5.14. The van der Waals surface area contributed by atoms with Crippen molar-refractivity contribution in [2.45, 2.75) is 13.8 Å². The van der Waals surface area contributed by atoms with Crippen LogP contribution in [0.4, 0.5) is 0 Å². The van der Waals surface area contributed by atoms with Crippen LogP contribution in [0.1, 0.15) is 13.8 Å². The second-order valence-corrected chi connectivity index (χ2v) is 2.08. The number of likely N-dealkylation sites (N-methyl/N-ethyl adjacent to an activating group) is 1. The maximum Gasteiger partial charge on any atom is 0.0327 e. The SMILES string of the molecule is C=C(/C=C\C)N(C)/C=C\C. The van der Waals surface area contributed by atoms with Gasteiger partial charge in [0.2, 0.25) is 0 Å². The van der Waals surface area contributed by atoms with Crippen LogP contribution in [0, 0.1) is 0 Å². The molecular formula is C9H15N. The molecular weight excluding hydrogens is 122 g/mol. The third kappa shape index (κ3) is 3.13. The zero-order valence-electron chi connectivity index (χ0n) is 6.96. The summed E-state index contributed by atoms with van der Waals surface area (Å²) in [6.45, 7) is 7.82. The van der Waals surface area contributed by atoms with Gasteiger partial charge in [-0.2, -0.15) is 0 Å². The van der Waals surface area contributed by atoms with Crippen LogP contribution in [0.25, 0.3) is 0 Å². The third-order valence-electron chi connectivity index (χ3n) is 1.18. The maximum absolute atomic E-state index is 3.85. The van der Waals surface area contributed by atoms with Gasteiger partial charge in [0, 0.05) is 12.7 Å². The van der Waals surface area contributed by atoms with Crippen molar-refractivity contribution in [3.63, 3.8) is 0 Å². The fraction of sp³-hybridized carbons (Fsp3) is 0.333. The third-order valence-corrected chi connectivity index (χ3v) is 1.18. The standard InChI is InChI=1S/C9H15N/c1-5-7-9(3)10(4)8-6-2/h5-8H,3H2,1-2,4H3/b7-5-,8-6-. The van der Waals surface area contributed by atoms with Crippen LogP contribution in [0.3, 0.4) is 0 Å². The van der Waals surface area contributed by atoms with E-state index in [4.69, 9.17) is 0 Å². The summed E-state index contributed by atoms with van der Waals surface area (Å²) in [6.07, 6.45) is 7.90. The van der Waals surface area contributed by atoms with Gasteiger partial charge in [0.05, 0.1) is 0 Å². The summed E-state index contributed by atoms with van der Waals surface area (Å²) in [5.41, 5.74) is 1.00. The fourth-order valence-electron chi connectivity index (χ4n) is 0.629. The van der Waals surface area contributed by atoms with Crippen LogP contribution in [0.5, 0.6) is 0 Å². The Balaban J connectivity index is 3.94.